The molecular weight excluding hydrogens is 446 g/mol. The van der Waals surface area contributed by atoms with Gasteiger partial charge in [-0.1, -0.05) is 34.1 Å². The summed E-state index contributed by atoms with van der Waals surface area (Å²) in [5, 5.41) is 16.7. The molecule has 0 spiro atoms. The second-order valence-electron chi connectivity index (χ2n) is 8.55. The van der Waals surface area contributed by atoms with E-state index in [2.05, 4.69) is 25.9 Å². The first-order chi connectivity index (χ1) is 15.9. The molecule has 0 aliphatic heterocycles. The zero-order valence-corrected chi connectivity index (χ0v) is 19.8. The summed E-state index contributed by atoms with van der Waals surface area (Å²) in [6, 6.07) is -4.61. The van der Waals surface area contributed by atoms with Crippen LogP contribution in [0.5, 0.6) is 0 Å². The number of carboxylic acids is 1. The number of carboxylic acid groups (broad SMARTS) is 1. The van der Waals surface area contributed by atoms with Crippen LogP contribution in [0, 0.1) is 11.8 Å². The summed E-state index contributed by atoms with van der Waals surface area (Å²) in [5.41, 5.74) is 11.6. The third-order valence-electron chi connectivity index (χ3n) is 5.44. The molecule has 0 aliphatic carbocycles. The number of amides is 4. The first kappa shape index (κ1) is 28.6. The van der Waals surface area contributed by atoms with Gasteiger partial charge in [0.1, 0.15) is 18.1 Å². The maximum Gasteiger partial charge on any atom is 0.326 e. The van der Waals surface area contributed by atoms with E-state index in [0.717, 1.165) is 0 Å². The minimum Gasteiger partial charge on any atom is -0.480 e. The van der Waals surface area contributed by atoms with Crippen LogP contribution in [0.3, 0.4) is 0 Å². The third kappa shape index (κ3) is 8.81. The molecule has 5 unspecified atom stereocenters. The molecule has 0 radical (unpaired) electrons. The molecule has 34 heavy (non-hydrogen) atoms. The van der Waals surface area contributed by atoms with Crippen molar-refractivity contribution in [3.8, 4) is 0 Å². The smallest absolute Gasteiger partial charge is 0.326 e. The number of aromatic nitrogens is 2. The first-order valence-corrected chi connectivity index (χ1v) is 11.0. The monoisotopic (exact) mass is 481 g/mol. The predicted molar refractivity (Wildman–Crippen MR) is 122 cm³/mol. The second-order valence-corrected chi connectivity index (χ2v) is 8.55. The SMILES string of the molecule is CCC(C)C(N)C(=O)NC(Cc1cnc[nH]1)C(=O)NC(C(=O)NC(CC(N)=O)C(=O)O)C(C)C. The Hall–Kier alpha value is -3.48. The summed E-state index contributed by atoms with van der Waals surface area (Å²) in [4.78, 5) is 67.7. The van der Waals surface area contributed by atoms with Gasteiger partial charge in [-0.3, -0.25) is 19.2 Å². The normalized spacial score (nSPS) is 15.5. The van der Waals surface area contributed by atoms with Crippen LogP contribution < -0.4 is 27.4 Å². The Balaban J connectivity index is 3.04. The predicted octanol–water partition coefficient (Wildman–Crippen LogP) is -1.60. The van der Waals surface area contributed by atoms with Crippen molar-refractivity contribution in [2.45, 2.75) is 71.1 Å². The maximum absolute atomic E-state index is 13.1. The van der Waals surface area contributed by atoms with Gasteiger partial charge in [-0.15, -0.1) is 0 Å². The molecule has 4 amide bonds. The van der Waals surface area contributed by atoms with Gasteiger partial charge in [-0.2, -0.15) is 0 Å². The average molecular weight is 482 g/mol. The Morgan fingerprint density at radius 2 is 1.65 bits per heavy atom. The van der Waals surface area contributed by atoms with Crippen LogP contribution in [0.15, 0.2) is 12.5 Å². The zero-order valence-electron chi connectivity index (χ0n) is 19.8. The maximum atomic E-state index is 13.1. The van der Waals surface area contributed by atoms with Crippen LogP contribution in [0.1, 0.15) is 46.2 Å². The third-order valence-corrected chi connectivity index (χ3v) is 5.44. The first-order valence-electron chi connectivity index (χ1n) is 11.0. The van der Waals surface area contributed by atoms with Crippen molar-refractivity contribution in [1.29, 1.82) is 0 Å². The molecule has 13 nitrogen and oxygen atoms in total. The fourth-order valence-electron chi connectivity index (χ4n) is 3.06. The van der Waals surface area contributed by atoms with Crippen LogP contribution in [0.25, 0.3) is 0 Å². The highest BCUT2D eigenvalue weighted by Crippen LogP contribution is 2.09. The average Bonchev–Trinajstić information content (AvgIpc) is 3.27. The second kappa shape index (κ2) is 13.3. The zero-order chi connectivity index (χ0) is 26.0. The molecule has 0 saturated carbocycles. The molecule has 13 heteroatoms. The van der Waals surface area contributed by atoms with Crippen molar-refractivity contribution in [3.63, 3.8) is 0 Å². The topological polar surface area (TPSA) is 222 Å². The molecule has 0 bridgehead atoms. The Labute approximate surface area is 197 Å². The number of carbonyl (C=O) groups excluding carboxylic acids is 4. The fourth-order valence-corrected chi connectivity index (χ4v) is 3.06. The van der Waals surface area contributed by atoms with Crippen molar-refractivity contribution in [2.75, 3.05) is 0 Å². The van der Waals surface area contributed by atoms with Crippen LogP contribution in [-0.2, 0) is 30.4 Å². The van der Waals surface area contributed by atoms with Gasteiger partial charge in [0, 0.05) is 18.3 Å². The summed E-state index contributed by atoms with van der Waals surface area (Å²) >= 11 is 0. The van der Waals surface area contributed by atoms with E-state index in [1.807, 2.05) is 13.8 Å². The quantitative estimate of drug-likeness (QED) is 0.163. The number of rotatable bonds is 14. The van der Waals surface area contributed by atoms with Crippen LogP contribution in [0.4, 0.5) is 0 Å². The van der Waals surface area contributed by atoms with Gasteiger partial charge in [0.05, 0.1) is 18.8 Å². The molecule has 0 saturated heterocycles. The van der Waals surface area contributed by atoms with Gasteiger partial charge in [0.15, 0.2) is 0 Å². The summed E-state index contributed by atoms with van der Waals surface area (Å²) in [7, 11) is 0. The Bertz CT molecular complexity index is 858. The van der Waals surface area contributed by atoms with Gasteiger partial charge in [-0.25, -0.2) is 9.78 Å². The summed E-state index contributed by atoms with van der Waals surface area (Å²) < 4.78 is 0. The highest BCUT2D eigenvalue weighted by molar-refractivity contribution is 5.95. The van der Waals surface area contributed by atoms with Gasteiger partial charge < -0.3 is 37.5 Å². The largest absolute Gasteiger partial charge is 0.480 e. The number of hydrogen-bond acceptors (Lipinski definition) is 7. The number of H-pyrrole nitrogens is 1. The molecule has 0 fully saturated rings. The number of aliphatic carboxylic acids is 1. The molecule has 1 heterocycles. The molecule has 1 aromatic rings. The molecule has 190 valence electrons. The molecule has 1 rings (SSSR count). The van der Waals surface area contributed by atoms with E-state index >= 15 is 0 Å². The number of imidazole rings is 1. The number of nitrogens with one attached hydrogen (secondary N) is 4. The van der Waals surface area contributed by atoms with E-state index in [0.29, 0.717) is 12.1 Å². The number of nitrogens with zero attached hydrogens (tertiary/aromatic N) is 1. The van der Waals surface area contributed by atoms with Crippen molar-refractivity contribution >= 4 is 29.6 Å². The van der Waals surface area contributed by atoms with Crippen LogP contribution in [-0.4, -0.2) is 68.8 Å². The lowest BCUT2D eigenvalue weighted by molar-refractivity contribution is -0.144. The molecular formula is C21H35N7O6. The van der Waals surface area contributed by atoms with Crippen molar-refractivity contribution in [1.82, 2.24) is 25.9 Å². The van der Waals surface area contributed by atoms with Crippen LogP contribution in [0.2, 0.25) is 0 Å². The van der Waals surface area contributed by atoms with Crippen molar-refractivity contribution in [3.05, 3.63) is 18.2 Å². The summed E-state index contributed by atoms with van der Waals surface area (Å²) in [6.45, 7) is 7.00. The van der Waals surface area contributed by atoms with Crippen molar-refractivity contribution in [2.24, 2.45) is 23.3 Å². The van der Waals surface area contributed by atoms with E-state index in [4.69, 9.17) is 11.5 Å². The molecule has 0 aromatic carbocycles. The number of nitrogens with two attached hydrogens (primary N) is 2. The van der Waals surface area contributed by atoms with Gasteiger partial charge >= 0.3 is 5.97 Å². The number of hydrogen-bond donors (Lipinski definition) is 7. The van der Waals surface area contributed by atoms with Gasteiger partial charge in [0.25, 0.3) is 0 Å². The minimum absolute atomic E-state index is 0.0522. The lowest BCUT2D eigenvalue weighted by Crippen LogP contribution is -2.59. The minimum atomic E-state index is -1.54. The number of aromatic amines is 1. The number of primary amides is 1. The van der Waals surface area contributed by atoms with E-state index in [1.54, 1.807) is 13.8 Å². The molecule has 9 N–H and O–H groups in total. The van der Waals surface area contributed by atoms with E-state index < -0.39 is 66.1 Å². The van der Waals surface area contributed by atoms with Gasteiger partial charge in [-0.05, 0) is 11.8 Å². The van der Waals surface area contributed by atoms with E-state index in [1.165, 1.54) is 12.5 Å². The lowest BCUT2D eigenvalue weighted by atomic mass is 9.98. The lowest BCUT2D eigenvalue weighted by Gasteiger charge is -2.27. The highest BCUT2D eigenvalue weighted by atomic mass is 16.4. The van der Waals surface area contributed by atoms with Crippen molar-refractivity contribution < 1.29 is 29.1 Å². The molecule has 1 aromatic heterocycles. The molecule has 5 atom stereocenters. The Morgan fingerprint density at radius 3 is 2.12 bits per heavy atom. The van der Waals surface area contributed by atoms with E-state index in [9.17, 15) is 29.1 Å². The number of carbonyl (C=O) groups is 5. The standard InChI is InChI=1S/C21H35N7O6/c1-5-11(4)16(23)19(31)26-13(6-12-8-24-9-25-12)18(30)28-17(10(2)3)20(32)27-14(21(33)34)7-15(22)29/h8-11,13-14,16-17H,5-7,23H2,1-4H3,(H2,22,29)(H,24,25)(H,26,31)(H,27,32)(H,28,30)(H,33,34). The Kier molecular flexibility index (Phi) is 11.2. The highest BCUT2D eigenvalue weighted by Gasteiger charge is 2.33. The fraction of sp³-hybridized carbons (Fsp3) is 0.619. The molecule has 0 aliphatic rings. The summed E-state index contributed by atoms with van der Waals surface area (Å²) in [5.74, 6) is -4.91. The van der Waals surface area contributed by atoms with Gasteiger partial charge in [0.2, 0.25) is 23.6 Å². The Morgan fingerprint density at radius 1 is 1.03 bits per heavy atom. The summed E-state index contributed by atoms with van der Waals surface area (Å²) in [6.07, 6.45) is 3.03. The van der Waals surface area contributed by atoms with E-state index in [-0.39, 0.29) is 12.3 Å². The van der Waals surface area contributed by atoms with Crippen LogP contribution >= 0.6 is 0 Å².